The number of carbonyl (C=O) groups excluding carboxylic acids is 1. The lowest BCUT2D eigenvalue weighted by Crippen LogP contribution is -2.27. The van der Waals surface area contributed by atoms with Gasteiger partial charge in [-0.1, -0.05) is 0 Å². The van der Waals surface area contributed by atoms with Gasteiger partial charge < -0.3 is 10.2 Å². The van der Waals surface area contributed by atoms with E-state index < -0.39 is 11.7 Å². The molecule has 118 valence electrons. The fourth-order valence-corrected chi connectivity index (χ4v) is 2.44. The molecular formula is C15H16F3N3O. The summed E-state index contributed by atoms with van der Waals surface area (Å²) in [5, 5.41) is 11.5. The molecule has 0 radical (unpaired) electrons. The molecule has 0 atom stereocenters. The van der Waals surface area contributed by atoms with Gasteiger partial charge in [0.05, 0.1) is 17.2 Å². The predicted octanol–water partition coefficient (Wildman–Crippen LogP) is 3.00. The highest BCUT2D eigenvalue weighted by molar-refractivity contribution is 5.78. The molecule has 1 fully saturated rings. The molecule has 0 aliphatic carbocycles. The summed E-state index contributed by atoms with van der Waals surface area (Å²) in [5.41, 5.74) is -0.715. The van der Waals surface area contributed by atoms with Gasteiger partial charge in [0.25, 0.3) is 0 Å². The van der Waals surface area contributed by atoms with Gasteiger partial charge >= 0.3 is 6.18 Å². The molecule has 1 amide bonds. The summed E-state index contributed by atoms with van der Waals surface area (Å²) in [5.74, 6) is 0.0995. The Morgan fingerprint density at radius 1 is 1.36 bits per heavy atom. The van der Waals surface area contributed by atoms with Crippen LogP contribution >= 0.6 is 0 Å². The number of halogens is 3. The zero-order chi connectivity index (χ0) is 16.2. The molecule has 1 aliphatic heterocycles. The van der Waals surface area contributed by atoms with Gasteiger partial charge in [0.1, 0.15) is 0 Å². The molecule has 1 aromatic rings. The fraction of sp³-hybridized carbons (Fsp3) is 0.467. The van der Waals surface area contributed by atoms with Crippen LogP contribution in [-0.4, -0.2) is 30.4 Å². The quantitative estimate of drug-likeness (QED) is 0.851. The third-order valence-corrected chi connectivity index (χ3v) is 3.55. The van der Waals surface area contributed by atoms with Crippen molar-refractivity contribution in [3.05, 3.63) is 29.3 Å². The summed E-state index contributed by atoms with van der Waals surface area (Å²) >= 11 is 0. The van der Waals surface area contributed by atoms with Crippen LogP contribution in [-0.2, 0) is 11.0 Å². The molecule has 0 bridgehead atoms. The minimum atomic E-state index is -4.47. The lowest BCUT2D eigenvalue weighted by molar-refractivity contribution is -0.137. The van der Waals surface area contributed by atoms with Gasteiger partial charge in [-0.25, -0.2) is 0 Å². The maximum atomic E-state index is 12.9. The van der Waals surface area contributed by atoms with Gasteiger partial charge in [0.2, 0.25) is 5.91 Å². The standard InChI is InChI=1S/C15H16F3N3O/c16-15(17,18)12-5-4-11(10-19)9-13(12)20-6-2-8-21-7-1-3-14(21)22/h4-5,9,20H,1-3,6-8H2. The van der Waals surface area contributed by atoms with Crippen molar-refractivity contribution < 1.29 is 18.0 Å². The number of carbonyl (C=O) groups is 1. The number of alkyl halides is 3. The Morgan fingerprint density at radius 2 is 2.14 bits per heavy atom. The summed E-state index contributed by atoms with van der Waals surface area (Å²) in [6.45, 7) is 1.56. The van der Waals surface area contributed by atoms with Crippen LogP contribution in [0.25, 0.3) is 0 Å². The molecule has 0 aromatic heterocycles. The van der Waals surface area contributed by atoms with Gasteiger partial charge in [-0.3, -0.25) is 4.79 Å². The van der Waals surface area contributed by atoms with Crippen molar-refractivity contribution in [3.8, 4) is 6.07 Å². The summed E-state index contributed by atoms with van der Waals surface area (Å²) in [4.78, 5) is 13.1. The first-order chi connectivity index (χ1) is 10.4. The summed E-state index contributed by atoms with van der Waals surface area (Å²) in [6, 6.07) is 5.08. The van der Waals surface area contributed by atoms with Crippen molar-refractivity contribution >= 4 is 11.6 Å². The average Bonchev–Trinajstić information content (AvgIpc) is 2.87. The Bertz CT molecular complexity index is 593. The number of hydrogen-bond acceptors (Lipinski definition) is 3. The van der Waals surface area contributed by atoms with E-state index in [1.807, 2.05) is 6.07 Å². The van der Waals surface area contributed by atoms with Crippen molar-refractivity contribution in [2.45, 2.75) is 25.4 Å². The second kappa shape index (κ2) is 6.69. The number of nitriles is 1. The number of likely N-dealkylation sites (tertiary alicyclic amines) is 1. The maximum absolute atomic E-state index is 12.9. The van der Waals surface area contributed by atoms with E-state index in [9.17, 15) is 18.0 Å². The molecule has 4 nitrogen and oxygen atoms in total. The molecule has 1 aliphatic rings. The van der Waals surface area contributed by atoms with Gasteiger partial charge in [-0.05, 0) is 31.0 Å². The first-order valence-corrected chi connectivity index (χ1v) is 7.05. The van der Waals surface area contributed by atoms with E-state index in [4.69, 9.17) is 5.26 Å². The van der Waals surface area contributed by atoms with Crippen molar-refractivity contribution in [2.75, 3.05) is 25.0 Å². The SMILES string of the molecule is N#Cc1ccc(C(F)(F)F)c(NCCCN2CCCC2=O)c1. The number of anilines is 1. The topological polar surface area (TPSA) is 56.1 Å². The van der Waals surface area contributed by atoms with Crippen LogP contribution in [0.2, 0.25) is 0 Å². The predicted molar refractivity (Wildman–Crippen MR) is 75.1 cm³/mol. The number of benzene rings is 1. The third-order valence-electron chi connectivity index (χ3n) is 3.55. The second-order valence-corrected chi connectivity index (χ2v) is 5.13. The largest absolute Gasteiger partial charge is 0.418 e. The summed E-state index contributed by atoms with van der Waals surface area (Å²) in [7, 11) is 0. The van der Waals surface area contributed by atoms with E-state index in [2.05, 4.69) is 5.32 Å². The van der Waals surface area contributed by atoms with Gasteiger partial charge in [0, 0.05) is 31.7 Å². The van der Waals surface area contributed by atoms with Crippen LogP contribution in [0.3, 0.4) is 0 Å². The van der Waals surface area contributed by atoms with Gasteiger partial charge in [-0.15, -0.1) is 0 Å². The van der Waals surface area contributed by atoms with Crippen molar-refractivity contribution in [2.24, 2.45) is 0 Å². The summed E-state index contributed by atoms with van der Waals surface area (Å²) < 4.78 is 38.7. The van der Waals surface area contributed by atoms with Crippen LogP contribution in [0.1, 0.15) is 30.4 Å². The molecule has 7 heteroatoms. The van der Waals surface area contributed by atoms with Crippen molar-refractivity contribution in [3.63, 3.8) is 0 Å². The summed E-state index contributed by atoms with van der Waals surface area (Å²) in [6.07, 6.45) is -2.52. The van der Waals surface area contributed by atoms with Gasteiger partial charge in [0.15, 0.2) is 0 Å². The minimum absolute atomic E-state index is 0.0979. The number of hydrogen-bond donors (Lipinski definition) is 1. The second-order valence-electron chi connectivity index (χ2n) is 5.13. The van der Waals surface area contributed by atoms with Crippen LogP contribution in [0.4, 0.5) is 18.9 Å². The van der Waals surface area contributed by atoms with E-state index in [0.717, 1.165) is 25.1 Å². The van der Waals surface area contributed by atoms with E-state index in [0.29, 0.717) is 25.9 Å². The van der Waals surface area contributed by atoms with Gasteiger partial charge in [-0.2, -0.15) is 18.4 Å². The third kappa shape index (κ3) is 3.91. The minimum Gasteiger partial charge on any atom is -0.384 e. The molecule has 1 aromatic carbocycles. The Balaban J connectivity index is 1.96. The molecule has 1 N–H and O–H groups in total. The molecule has 0 spiro atoms. The number of nitrogens with zero attached hydrogens (tertiary/aromatic N) is 2. The zero-order valence-electron chi connectivity index (χ0n) is 11.9. The maximum Gasteiger partial charge on any atom is 0.418 e. The first kappa shape index (κ1) is 16.1. The highest BCUT2D eigenvalue weighted by atomic mass is 19.4. The highest BCUT2D eigenvalue weighted by Gasteiger charge is 2.33. The molecule has 0 saturated carbocycles. The lowest BCUT2D eigenvalue weighted by atomic mass is 10.1. The fourth-order valence-electron chi connectivity index (χ4n) is 2.44. The lowest BCUT2D eigenvalue weighted by Gasteiger charge is -2.17. The molecule has 2 rings (SSSR count). The Morgan fingerprint density at radius 3 is 2.73 bits per heavy atom. The average molecular weight is 311 g/mol. The van der Waals surface area contributed by atoms with Crippen molar-refractivity contribution in [1.82, 2.24) is 4.90 Å². The first-order valence-electron chi connectivity index (χ1n) is 7.05. The smallest absolute Gasteiger partial charge is 0.384 e. The molecular weight excluding hydrogens is 295 g/mol. The Labute approximate surface area is 126 Å². The van der Waals surface area contributed by atoms with Crippen LogP contribution in [0, 0.1) is 11.3 Å². The zero-order valence-corrected chi connectivity index (χ0v) is 11.9. The molecule has 1 saturated heterocycles. The molecule has 0 unspecified atom stereocenters. The molecule has 22 heavy (non-hydrogen) atoms. The van der Waals surface area contributed by atoms with Crippen LogP contribution in [0.5, 0.6) is 0 Å². The molecule has 1 heterocycles. The highest BCUT2D eigenvalue weighted by Crippen LogP contribution is 2.35. The number of nitrogens with one attached hydrogen (secondary N) is 1. The number of rotatable bonds is 5. The van der Waals surface area contributed by atoms with Crippen LogP contribution in [0.15, 0.2) is 18.2 Å². The van der Waals surface area contributed by atoms with Crippen molar-refractivity contribution in [1.29, 1.82) is 5.26 Å². The van der Waals surface area contributed by atoms with E-state index in [-0.39, 0.29) is 17.2 Å². The van der Waals surface area contributed by atoms with E-state index in [1.165, 1.54) is 6.07 Å². The number of amides is 1. The van der Waals surface area contributed by atoms with E-state index >= 15 is 0 Å². The van der Waals surface area contributed by atoms with E-state index in [1.54, 1.807) is 4.90 Å². The monoisotopic (exact) mass is 311 g/mol. The van der Waals surface area contributed by atoms with Crippen LogP contribution < -0.4 is 5.32 Å². The normalized spacial score (nSPS) is 15.0. The Hall–Kier alpha value is -2.23. The Kier molecular flexibility index (Phi) is 4.91.